The molecule has 0 spiro atoms. The highest BCUT2D eigenvalue weighted by atomic mass is 16.5. The van der Waals surface area contributed by atoms with E-state index in [1.807, 2.05) is 13.8 Å². The summed E-state index contributed by atoms with van der Waals surface area (Å²) < 4.78 is 5.55. The van der Waals surface area contributed by atoms with Gasteiger partial charge in [0.1, 0.15) is 12.0 Å². The topological polar surface area (TPSA) is 73.1 Å². The van der Waals surface area contributed by atoms with E-state index in [-0.39, 0.29) is 11.5 Å². The maximum absolute atomic E-state index is 6.02. The SMILES string of the molecule is CC(C)Oc1ncnc(NCC(C)(C)C(C)C)c1N. The zero-order valence-electron chi connectivity index (χ0n) is 12.8. The minimum atomic E-state index is 0.0390. The second-order valence-corrected chi connectivity index (χ2v) is 6.10. The van der Waals surface area contributed by atoms with Crippen molar-refractivity contribution in [3.63, 3.8) is 0 Å². The molecule has 1 heterocycles. The third-order valence-corrected chi connectivity index (χ3v) is 3.47. The number of aromatic nitrogens is 2. The Bertz CT molecular complexity index is 416. The fourth-order valence-electron chi connectivity index (χ4n) is 1.35. The Morgan fingerprint density at radius 1 is 1.26 bits per heavy atom. The molecule has 0 saturated carbocycles. The van der Waals surface area contributed by atoms with Crippen LogP contribution in [0.4, 0.5) is 11.5 Å². The van der Waals surface area contributed by atoms with Gasteiger partial charge >= 0.3 is 0 Å². The van der Waals surface area contributed by atoms with E-state index in [9.17, 15) is 0 Å². The molecule has 1 aromatic rings. The Balaban J connectivity index is 2.80. The highest BCUT2D eigenvalue weighted by Gasteiger charge is 2.23. The van der Waals surface area contributed by atoms with Gasteiger partial charge in [-0.05, 0) is 25.2 Å². The molecule has 0 aromatic carbocycles. The number of ether oxygens (including phenoxy) is 1. The smallest absolute Gasteiger partial charge is 0.242 e. The van der Waals surface area contributed by atoms with Crippen molar-refractivity contribution >= 4 is 11.5 Å². The largest absolute Gasteiger partial charge is 0.473 e. The summed E-state index contributed by atoms with van der Waals surface area (Å²) in [6, 6.07) is 0. The summed E-state index contributed by atoms with van der Waals surface area (Å²) in [5.74, 6) is 1.64. The first-order valence-electron chi connectivity index (χ1n) is 6.75. The monoisotopic (exact) mass is 266 g/mol. The number of rotatable bonds is 6. The minimum Gasteiger partial charge on any atom is -0.473 e. The zero-order chi connectivity index (χ0) is 14.6. The van der Waals surface area contributed by atoms with Crippen LogP contribution in [0.15, 0.2) is 6.33 Å². The lowest BCUT2D eigenvalue weighted by Gasteiger charge is -2.29. The van der Waals surface area contributed by atoms with Crippen molar-refractivity contribution in [2.24, 2.45) is 11.3 Å². The Labute approximate surface area is 116 Å². The summed E-state index contributed by atoms with van der Waals surface area (Å²) in [6.45, 7) is 13.5. The van der Waals surface area contributed by atoms with Gasteiger partial charge in [-0.2, -0.15) is 4.98 Å². The molecule has 3 N–H and O–H groups in total. The summed E-state index contributed by atoms with van der Waals surface area (Å²) in [7, 11) is 0. The van der Waals surface area contributed by atoms with E-state index in [2.05, 4.69) is 43.0 Å². The molecule has 1 aromatic heterocycles. The lowest BCUT2D eigenvalue weighted by Crippen LogP contribution is -2.29. The van der Waals surface area contributed by atoms with E-state index < -0.39 is 0 Å². The summed E-state index contributed by atoms with van der Waals surface area (Å²) in [6.07, 6.45) is 1.51. The van der Waals surface area contributed by atoms with E-state index in [0.717, 1.165) is 6.54 Å². The van der Waals surface area contributed by atoms with Gasteiger partial charge < -0.3 is 15.8 Å². The quantitative estimate of drug-likeness (QED) is 0.828. The second-order valence-electron chi connectivity index (χ2n) is 6.10. The summed E-state index contributed by atoms with van der Waals surface area (Å²) in [5.41, 5.74) is 6.66. The molecular weight excluding hydrogens is 240 g/mol. The Hall–Kier alpha value is -1.52. The van der Waals surface area contributed by atoms with Gasteiger partial charge in [0.2, 0.25) is 5.88 Å². The zero-order valence-corrected chi connectivity index (χ0v) is 12.8. The van der Waals surface area contributed by atoms with Gasteiger partial charge in [-0.15, -0.1) is 0 Å². The van der Waals surface area contributed by atoms with Crippen LogP contribution >= 0.6 is 0 Å². The maximum Gasteiger partial charge on any atom is 0.242 e. The molecule has 0 radical (unpaired) electrons. The van der Waals surface area contributed by atoms with E-state index in [1.54, 1.807) is 0 Å². The predicted molar refractivity (Wildman–Crippen MR) is 79.3 cm³/mol. The van der Waals surface area contributed by atoms with Crippen LogP contribution in [0.2, 0.25) is 0 Å². The lowest BCUT2D eigenvalue weighted by atomic mass is 9.81. The van der Waals surface area contributed by atoms with Crippen LogP contribution in [-0.4, -0.2) is 22.6 Å². The molecule has 1 rings (SSSR count). The molecule has 0 unspecified atom stereocenters. The lowest BCUT2D eigenvalue weighted by molar-refractivity contribution is 0.234. The van der Waals surface area contributed by atoms with Crippen molar-refractivity contribution in [1.29, 1.82) is 0 Å². The van der Waals surface area contributed by atoms with Gasteiger partial charge in [0.15, 0.2) is 5.82 Å². The number of anilines is 2. The first-order chi connectivity index (χ1) is 8.74. The number of hydrogen-bond donors (Lipinski definition) is 2. The standard InChI is InChI=1S/C14H26N4O/c1-9(2)14(5,6)7-16-12-11(15)13(18-8-17-12)19-10(3)4/h8-10H,7,15H2,1-6H3,(H,16,17,18). The molecule has 0 aliphatic carbocycles. The number of nitrogens with one attached hydrogen (secondary N) is 1. The van der Waals surface area contributed by atoms with E-state index in [1.165, 1.54) is 6.33 Å². The second kappa shape index (κ2) is 6.08. The molecule has 5 heteroatoms. The van der Waals surface area contributed by atoms with Crippen LogP contribution in [0.1, 0.15) is 41.5 Å². The molecular formula is C14H26N4O. The van der Waals surface area contributed by atoms with E-state index >= 15 is 0 Å². The van der Waals surface area contributed by atoms with Gasteiger partial charge in [0.05, 0.1) is 6.10 Å². The molecule has 0 aliphatic rings. The van der Waals surface area contributed by atoms with Gasteiger partial charge in [-0.1, -0.05) is 27.7 Å². The summed E-state index contributed by atoms with van der Waals surface area (Å²) in [5, 5.41) is 3.29. The number of nitrogens with zero attached hydrogens (tertiary/aromatic N) is 2. The van der Waals surface area contributed by atoms with Crippen molar-refractivity contribution in [3.8, 4) is 5.88 Å². The fraction of sp³-hybridized carbons (Fsp3) is 0.714. The van der Waals surface area contributed by atoms with Gasteiger partial charge in [-0.3, -0.25) is 0 Å². The van der Waals surface area contributed by atoms with Crippen molar-refractivity contribution in [3.05, 3.63) is 6.33 Å². The van der Waals surface area contributed by atoms with Crippen molar-refractivity contribution < 1.29 is 4.74 Å². The molecule has 0 fully saturated rings. The maximum atomic E-state index is 6.02. The van der Waals surface area contributed by atoms with Crippen molar-refractivity contribution in [2.45, 2.75) is 47.6 Å². The third kappa shape index (κ3) is 4.26. The predicted octanol–water partition coefficient (Wildman–Crippen LogP) is 2.94. The minimum absolute atomic E-state index is 0.0390. The normalized spacial score (nSPS) is 12.0. The first-order valence-corrected chi connectivity index (χ1v) is 6.75. The van der Waals surface area contributed by atoms with Crippen molar-refractivity contribution in [2.75, 3.05) is 17.6 Å². The van der Waals surface area contributed by atoms with Gasteiger partial charge in [-0.25, -0.2) is 4.98 Å². The molecule has 0 saturated heterocycles. The highest BCUT2D eigenvalue weighted by molar-refractivity contribution is 5.66. The van der Waals surface area contributed by atoms with Crippen LogP contribution in [0.25, 0.3) is 0 Å². The summed E-state index contributed by atoms with van der Waals surface area (Å²) in [4.78, 5) is 8.24. The van der Waals surface area contributed by atoms with Gasteiger partial charge in [0.25, 0.3) is 0 Å². The average molecular weight is 266 g/mol. The fourth-order valence-corrected chi connectivity index (χ4v) is 1.35. The summed E-state index contributed by atoms with van der Waals surface area (Å²) >= 11 is 0. The number of hydrogen-bond acceptors (Lipinski definition) is 5. The van der Waals surface area contributed by atoms with Crippen molar-refractivity contribution in [1.82, 2.24) is 9.97 Å². The van der Waals surface area contributed by atoms with E-state index in [0.29, 0.717) is 23.3 Å². The molecule has 108 valence electrons. The number of nitrogen functional groups attached to an aromatic ring is 1. The molecule has 0 bridgehead atoms. The third-order valence-electron chi connectivity index (χ3n) is 3.47. The Morgan fingerprint density at radius 2 is 1.89 bits per heavy atom. The van der Waals surface area contributed by atoms with Crippen LogP contribution in [-0.2, 0) is 0 Å². The molecule has 5 nitrogen and oxygen atoms in total. The van der Waals surface area contributed by atoms with Crippen LogP contribution in [0.3, 0.4) is 0 Å². The molecule has 0 atom stereocenters. The highest BCUT2D eigenvalue weighted by Crippen LogP contribution is 2.29. The van der Waals surface area contributed by atoms with E-state index in [4.69, 9.17) is 10.5 Å². The molecule has 19 heavy (non-hydrogen) atoms. The Kier molecular flexibility index (Phi) is 4.97. The van der Waals surface area contributed by atoms with Crippen LogP contribution in [0.5, 0.6) is 5.88 Å². The Morgan fingerprint density at radius 3 is 2.42 bits per heavy atom. The molecule has 0 aliphatic heterocycles. The number of nitrogens with two attached hydrogens (primary N) is 1. The molecule has 0 amide bonds. The van der Waals surface area contributed by atoms with Gasteiger partial charge in [0, 0.05) is 6.54 Å². The average Bonchev–Trinajstić information content (AvgIpc) is 2.29. The van der Waals surface area contributed by atoms with Crippen LogP contribution in [0, 0.1) is 11.3 Å². The first kappa shape index (κ1) is 15.5. The van der Waals surface area contributed by atoms with Crippen LogP contribution < -0.4 is 15.8 Å².